The number of amides is 1. The monoisotopic (exact) mass is 392 g/mol. The van der Waals surface area contributed by atoms with Crippen molar-refractivity contribution >= 4 is 11.6 Å². The van der Waals surface area contributed by atoms with Crippen LogP contribution in [0.1, 0.15) is 16.8 Å². The second kappa shape index (κ2) is 8.36. The molecule has 1 aliphatic rings. The molecule has 0 fully saturated rings. The van der Waals surface area contributed by atoms with Crippen LogP contribution in [0.15, 0.2) is 65.7 Å². The van der Waals surface area contributed by atoms with Crippen molar-refractivity contribution in [3.63, 3.8) is 0 Å². The molecule has 1 N–H and O–H groups in total. The number of halogens is 1. The molecule has 6 nitrogen and oxygen atoms in total. The van der Waals surface area contributed by atoms with Gasteiger partial charge in [0.05, 0.1) is 23.3 Å². The minimum Gasteiger partial charge on any atom is -0.322 e. The average molecular weight is 392 g/mol. The lowest BCUT2D eigenvalue weighted by Gasteiger charge is -2.28. The van der Waals surface area contributed by atoms with Gasteiger partial charge in [-0.2, -0.15) is 0 Å². The normalized spacial score (nSPS) is 13.7. The number of hydrogen-bond acceptors (Lipinski definition) is 4. The first-order valence-corrected chi connectivity index (χ1v) is 9.48. The van der Waals surface area contributed by atoms with E-state index in [0.717, 1.165) is 18.8 Å². The maximum atomic E-state index is 13.7. The Balaban J connectivity index is 1.48. The molecule has 4 rings (SSSR count). The van der Waals surface area contributed by atoms with Crippen LogP contribution in [0.25, 0.3) is 0 Å². The third-order valence-electron chi connectivity index (χ3n) is 4.98. The van der Waals surface area contributed by atoms with Crippen LogP contribution >= 0.6 is 0 Å². The van der Waals surface area contributed by atoms with E-state index < -0.39 is 11.7 Å². The van der Waals surface area contributed by atoms with Crippen LogP contribution in [0.5, 0.6) is 0 Å². The summed E-state index contributed by atoms with van der Waals surface area (Å²) in [5.41, 5.74) is 2.45. The summed E-state index contributed by atoms with van der Waals surface area (Å²) in [6, 6.07) is 16.0. The fourth-order valence-corrected chi connectivity index (χ4v) is 3.50. The van der Waals surface area contributed by atoms with Crippen LogP contribution in [0.2, 0.25) is 0 Å². The molecule has 0 unspecified atom stereocenters. The molecular formula is C22H21FN4O2. The Morgan fingerprint density at radius 3 is 2.66 bits per heavy atom. The average Bonchev–Trinajstić information content (AvgIpc) is 2.73. The van der Waals surface area contributed by atoms with Crippen molar-refractivity contribution in [2.75, 3.05) is 11.9 Å². The fourth-order valence-electron chi connectivity index (χ4n) is 3.50. The predicted molar refractivity (Wildman–Crippen MR) is 108 cm³/mol. The Morgan fingerprint density at radius 1 is 1.10 bits per heavy atom. The predicted octanol–water partition coefficient (Wildman–Crippen LogP) is 2.58. The molecule has 148 valence electrons. The molecule has 0 atom stereocenters. The van der Waals surface area contributed by atoms with E-state index in [0.29, 0.717) is 18.5 Å². The molecule has 1 amide bonds. The number of rotatable bonds is 5. The molecule has 0 spiro atoms. The third-order valence-corrected chi connectivity index (χ3v) is 4.98. The highest BCUT2D eigenvalue weighted by Crippen LogP contribution is 2.16. The van der Waals surface area contributed by atoms with E-state index >= 15 is 0 Å². The summed E-state index contributed by atoms with van der Waals surface area (Å²) in [4.78, 5) is 31.8. The Bertz CT molecular complexity index is 1080. The van der Waals surface area contributed by atoms with Gasteiger partial charge in [-0.15, -0.1) is 0 Å². The molecule has 7 heteroatoms. The zero-order valence-corrected chi connectivity index (χ0v) is 15.8. The lowest BCUT2D eigenvalue weighted by Crippen LogP contribution is -2.38. The van der Waals surface area contributed by atoms with Crippen molar-refractivity contribution in [2.24, 2.45) is 0 Å². The number of benzene rings is 2. The van der Waals surface area contributed by atoms with Gasteiger partial charge < -0.3 is 5.32 Å². The Kier molecular flexibility index (Phi) is 5.48. The van der Waals surface area contributed by atoms with E-state index in [1.54, 1.807) is 12.1 Å². The number of carbonyl (C=O) groups is 1. The van der Waals surface area contributed by atoms with E-state index in [2.05, 4.69) is 27.3 Å². The molecule has 0 radical (unpaired) electrons. The highest BCUT2D eigenvalue weighted by Gasteiger charge is 2.22. The fraction of sp³-hybridized carbons (Fsp3) is 0.227. The molecule has 1 aromatic heterocycles. The van der Waals surface area contributed by atoms with Gasteiger partial charge in [-0.1, -0.05) is 42.5 Å². The highest BCUT2D eigenvalue weighted by atomic mass is 19.1. The number of carbonyl (C=O) groups excluding carboxylic acids is 1. The van der Waals surface area contributed by atoms with Crippen molar-refractivity contribution in [1.82, 2.24) is 14.5 Å². The van der Waals surface area contributed by atoms with E-state index in [1.807, 2.05) is 18.2 Å². The number of fused-ring (bicyclic) bond motifs is 1. The van der Waals surface area contributed by atoms with Crippen LogP contribution < -0.4 is 10.9 Å². The lowest BCUT2D eigenvalue weighted by molar-refractivity contribution is -0.116. The van der Waals surface area contributed by atoms with Crippen LogP contribution in [-0.4, -0.2) is 26.9 Å². The molecule has 29 heavy (non-hydrogen) atoms. The van der Waals surface area contributed by atoms with Crippen LogP contribution in [0.4, 0.5) is 10.1 Å². The summed E-state index contributed by atoms with van der Waals surface area (Å²) in [5.74, 6) is -0.996. The summed E-state index contributed by atoms with van der Waals surface area (Å²) in [6.45, 7) is 1.85. The number of nitrogens with zero attached hydrogens (tertiary/aromatic N) is 3. The van der Waals surface area contributed by atoms with Gasteiger partial charge in [0.2, 0.25) is 5.91 Å². The number of hydrogen-bond donors (Lipinski definition) is 1. The first-order valence-electron chi connectivity index (χ1n) is 9.48. The molecular weight excluding hydrogens is 371 g/mol. The van der Waals surface area contributed by atoms with Crippen LogP contribution in [0.3, 0.4) is 0 Å². The molecule has 0 saturated heterocycles. The van der Waals surface area contributed by atoms with E-state index in [4.69, 9.17) is 0 Å². The maximum Gasteiger partial charge on any atom is 0.258 e. The quantitative estimate of drug-likeness (QED) is 0.725. The Labute approximate surface area is 167 Å². The van der Waals surface area contributed by atoms with E-state index in [1.165, 1.54) is 28.6 Å². The number of nitrogens with one attached hydrogen (secondary N) is 1. The van der Waals surface area contributed by atoms with Gasteiger partial charge in [-0.3, -0.25) is 19.1 Å². The standard InChI is InChI=1S/C22H21FN4O2/c23-18-8-4-5-9-20(18)25-21(28)14-27-15-24-19-10-11-26(13-17(19)22(27)29)12-16-6-2-1-3-7-16/h1-9,15H,10-14H2,(H,25,28). The van der Waals surface area contributed by atoms with Gasteiger partial charge in [0.1, 0.15) is 12.4 Å². The largest absolute Gasteiger partial charge is 0.322 e. The number of aromatic nitrogens is 2. The van der Waals surface area contributed by atoms with Crippen molar-refractivity contribution in [3.05, 3.63) is 93.9 Å². The van der Waals surface area contributed by atoms with Crippen molar-refractivity contribution < 1.29 is 9.18 Å². The van der Waals surface area contributed by atoms with E-state index in [9.17, 15) is 14.0 Å². The van der Waals surface area contributed by atoms with E-state index in [-0.39, 0.29) is 17.8 Å². The van der Waals surface area contributed by atoms with Gasteiger partial charge in [-0.25, -0.2) is 9.37 Å². The molecule has 2 heterocycles. The summed E-state index contributed by atoms with van der Waals surface area (Å²) in [5, 5.41) is 2.50. The smallest absolute Gasteiger partial charge is 0.258 e. The first kappa shape index (κ1) is 19.0. The second-order valence-electron chi connectivity index (χ2n) is 7.08. The van der Waals surface area contributed by atoms with Gasteiger partial charge in [0.25, 0.3) is 5.56 Å². The number of para-hydroxylation sites is 1. The van der Waals surface area contributed by atoms with Crippen molar-refractivity contribution in [3.8, 4) is 0 Å². The van der Waals surface area contributed by atoms with Crippen LogP contribution in [0, 0.1) is 5.82 Å². The van der Waals surface area contributed by atoms with Gasteiger partial charge in [-0.05, 0) is 17.7 Å². The first-order chi connectivity index (χ1) is 14.1. The number of anilines is 1. The Hall–Kier alpha value is -3.32. The van der Waals surface area contributed by atoms with Crippen LogP contribution in [-0.2, 0) is 30.8 Å². The molecule has 0 bridgehead atoms. The minimum absolute atomic E-state index is 0.0884. The lowest BCUT2D eigenvalue weighted by atomic mass is 10.1. The summed E-state index contributed by atoms with van der Waals surface area (Å²) in [7, 11) is 0. The summed E-state index contributed by atoms with van der Waals surface area (Å²) in [6.07, 6.45) is 2.09. The maximum absolute atomic E-state index is 13.7. The second-order valence-corrected chi connectivity index (χ2v) is 7.08. The van der Waals surface area contributed by atoms with Gasteiger partial charge in [0, 0.05) is 26.1 Å². The molecule has 0 aliphatic carbocycles. The zero-order chi connectivity index (χ0) is 20.2. The molecule has 2 aromatic carbocycles. The molecule has 1 aliphatic heterocycles. The SMILES string of the molecule is O=C(Cn1cnc2c(c1=O)CN(Cc1ccccc1)CC2)Nc1ccccc1F. The Morgan fingerprint density at radius 2 is 1.86 bits per heavy atom. The van der Waals surface area contributed by atoms with Crippen molar-refractivity contribution in [1.29, 1.82) is 0 Å². The minimum atomic E-state index is -0.520. The van der Waals surface area contributed by atoms with Crippen molar-refractivity contribution in [2.45, 2.75) is 26.1 Å². The van der Waals surface area contributed by atoms with Gasteiger partial charge in [0.15, 0.2) is 0 Å². The highest BCUT2D eigenvalue weighted by molar-refractivity contribution is 5.90. The summed E-state index contributed by atoms with van der Waals surface area (Å²) >= 11 is 0. The zero-order valence-electron chi connectivity index (χ0n) is 15.8. The third kappa shape index (κ3) is 4.41. The topological polar surface area (TPSA) is 67.2 Å². The summed E-state index contributed by atoms with van der Waals surface area (Å²) < 4.78 is 15.0. The molecule has 0 saturated carbocycles. The molecule has 3 aromatic rings. The van der Waals surface area contributed by atoms with Gasteiger partial charge >= 0.3 is 0 Å².